The summed E-state index contributed by atoms with van der Waals surface area (Å²) in [6.07, 6.45) is 1.49. The maximum Gasteiger partial charge on any atom is 0.247 e. The second kappa shape index (κ2) is 12.3. The van der Waals surface area contributed by atoms with Crippen LogP contribution in [0.3, 0.4) is 0 Å². The molecule has 1 heterocycles. The number of nitrogens with zero attached hydrogens (tertiary/aromatic N) is 1. The van der Waals surface area contributed by atoms with E-state index in [2.05, 4.69) is 5.32 Å². The second-order valence-electron chi connectivity index (χ2n) is 8.70. The van der Waals surface area contributed by atoms with Gasteiger partial charge >= 0.3 is 0 Å². The van der Waals surface area contributed by atoms with E-state index in [9.17, 15) is 24.9 Å². The standard InChI is InChI=1S/C25H36N2O8/c1-4-5-6-20(30)27(8-10-33-2)18-13-17(25(32)26-7-9-28)21-16-11-15(14-29)12-19(34-3)23(16)35-24(21)22(18)31/h11-13,18,21-22,24,28-29,31H,4-10,14H2,1-3H3,(H,26,32)/t18-,21+,22+,24+/m1/s1. The maximum absolute atomic E-state index is 13.2. The van der Waals surface area contributed by atoms with Crippen LogP contribution in [0.5, 0.6) is 11.5 Å². The fourth-order valence-corrected chi connectivity index (χ4v) is 4.72. The Kier molecular flexibility index (Phi) is 9.50. The highest BCUT2D eigenvalue weighted by molar-refractivity contribution is 5.96. The molecule has 2 amide bonds. The molecule has 0 unspecified atom stereocenters. The van der Waals surface area contributed by atoms with Crippen LogP contribution in [0.2, 0.25) is 0 Å². The highest BCUT2D eigenvalue weighted by atomic mass is 16.5. The molecule has 0 saturated heterocycles. The molecule has 10 nitrogen and oxygen atoms in total. The molecule has 0 fully saturated rings. The van der Waals surface area contributed by atoms with E-state index in [1.165, 1.54) is 14.2 Å². The smallest absolute Gasteiger partial charge is 0.247 e. The SMILES string of the molecule is CCCCC(=O)N(CCOC)[C@@H]1C=C(C(=O)NCCO)[C@@H]2c3cc(CO)cc(OC)c3O[C@@H]2[C@H]1O. The third kappa shape index (κ3) is 5.61. The lowest BCUT2D eigenvalue weighted by molar-refractivity contribution is -0.138. The Hall–Kier alpha value is -2.66. The van der Waals surface area contributed by atoms with Crippen LogP contribution < -0.4 is 14.8 Å². The number of benzene rings is 1. The zero-order chi connectivity index (χ0) is 25.5. The van der Waals surface area contributed by atoms with Gasteiger partial charge in [0.2, 0.25) is 11.8 Å². The van der Waals surface area contributed by atoms with Crippen molar-refractivity contribution in [2.45, 2.75) is 57.0 Å². The minimum Gasteiger partial charge on any atom is -0.493 e. The van der Waals surface area contributed by atoms with Gasteiger partial charge in [-0.1, -0.05) is 13.3 Å². The first-order valence-corrected chi connectivity index (χ1v) is 12.0. The van der Waals surface area contributed by atoms with Crippen molar-refractivity contribution in [3.05, 3.63) is 34.9 Å². The summed E-state index contributed by atoms with van der Waals surface area (Å²) >= 11 is 0. The highest BCUT2D eigenvalue weighted by Crippen LogP contribution is 2.51. The van der Waals surface area contributed by atoms with Gasteiger partial charge in [-0.05, 0) is 30.2 Å². The summed E-state index contributed by atoms with van der Waals surface area (Å²) in [4.78, 5) is 27.9. The lowest BCUT2D eigenvalue weighted by Gasteiger charge is -2.40. The van der Waals surface area contributed by atoms with Gasteiger partial charge in [0.1, 0.15) is 12.2 Å². The van der Waals surface area contributed by atoms with Gasteiger partial charge in [0.15, 0.2) is 11.5 Å². The summed E-state index contributed by atoms with van der Waals surface area (Å²) in [7, 11) is 3.01. The quantitative estimate of drug-likeness (QED) is 0.331. The van der Waals surface area contributed by atoms with Gasteiger partial charge in [0.25, 0.3) is 0 Å². The van der Waals surface area contributed by atoms with Gasteiger partial charge < -0.3 is 39.7 Å². The molecule has 1 aromatic carbocycles. The molecule has 0 bridgehead atoms. The molecule has 35 heavy (non-hydrogen) atoms. The van der Waals surface area contributed by atoms with Gasteiger partial charge in [0.05, 0.1) is 38.9 Å². The number of nitrogens with one attached hydrogen (secondary N) is 1. The van der Waals surface area contributed by atoms with E-state index in [0.29, 0.717) is 41.0 Å². The molecule has 2 aliphatic rings. The van der Waals surface area contributed by atoms with Gasteiger partial charge in [-0.25, -0.2) is 0 Å². The van der Waals surface area contributed by atoms with Crippen molar-refractivity contribution in [1.82, 2.24) is 10.2 Å². The first-order chi connectivity index (χ1) is 16.9. The number of unbranched alkanes of at least 4 members (excludes halogenated alkanes) is 1. The number of amides is 2. The van der Waals surface area contributed by atoms with E-state index in [-0.39, 0.29) is 38.8 Å². The van der Waals surface area contributed by atoms with E-state index < -0.39 is 30.1 Å². The molecule has 0 saturated carbocycles. The number of rotatable bonds is 12. The van der Waals surface area contributed by atoms with Gasteiger partial charge in [-0.2, -0.15) is 0 Å². The lowest BCUT2D eigenvalue weighted by atomic mass is 9.77. The molecule has 0 spiro atoms. The van der Waals surface area contributed by atoms with E-state index in [1.807, 2.05) is 6.92 Å². The van der Waals surface area contributed by atoms with Crippen LogP contribution >= 0.6 is 0 Å². The number of fused-ring (bicyclic) bond motifs is 3. The number of ether oxygens (including phenoxy) is 3. The van der Waals surface area contributed by atoms with E-state index in [0.717, 1.165) is 6.42 Å². The Balaban J connectivity index is 2.09. The number of aliphatic hydroxyl groups is 3. The van der Waals surface area contributed by atoms with Crippen LogP contribution in [-0.4, -0.2) is 90.8 Å². The summed E-state index contributed by atoms with van der Waals surface area (Å²) < 4.78 is 16.8. The van der Waals surface area contributed by atoms with Crippen LogP contribution in [0.4, 0.5) is 0 Å². The number of methoxy groups -OCH3 is 2. The molecular formula is C25H36N2O8. The average molecular weight is 493 g/mol. The molecule has 10 heteroatoms. The highest BCUT2D eigenvalue weighted by Gasteiger charge is 2.51. The van der Waals surface area contributed by atoms with E-state index in [4.69, 9.17) is 14.2 Å². The Labute approximate surface area is 205 Å². The van der Waals surface area contributed by atoms with E-state index in [1.54, 1.807) is 23.1 Å². The van der Waals surface area contributed by atoms with Crippen molar-refractivity contribution in [2.75, 3.05) is 40.5 Å². The van der Waals surface area contributed by atoms with Gasteiger partial charge in [-0.3, -0.25) is 9.59 Å². The molecule has 4 atom stereocenters. The zero-order valence-corrected chi connectivity index (χ0v) is 20.5. The van der Waals surface area contributed by atoms with Crippen molar-refractivity contribution >= 4 is 11.8 Å². The molecule has 1 aromatic rings. The fourth-order valence-electron chi connectivity index (χ4n) is 4.72. The third-order valence-corrected chi connectivity index (χ3v) is 6.46. The Morgan fingerprint density at radius 3 is 2.63 bits per heavy atom. The summed E-state index contributed by atoms with van der Waals surface area (Å²) in [6, 6.07) is 2.56. The van der Waals surface area contributed by atoms with Crippen molar-refractivity contribution in [3.8, 4) is 11.5 Å². The predicted molar refractivity (Wildman–Crippen MR) is 127 cm³/mol. The molecular weight excluding hydrogens is 456 g/mol. The number of hydrogen-bond acceptors (Lipinski definition) is 8. The number of aliphatic hydroxyl groups excluding tert-OH is 3. The molecule has 1 aliphatic heterocycles. The number of hydrogen-bond donors (Lipinski definition) is 4. The fraction of sp³-hybridized carbons (Fsp3) is 0.600. The minimum absolute atomic E-state index is 0.0529. The topological polar surface area (TPSA) is 138 Å². The Morgan fingerprint density at radius 1 is 1.23 bits per heavy atom. The van der Waals surface area contributed by atoms with Crippen LogP contribution in [0.1, 0.15) is 43.2 Å². The van der Waals surface area contributed by atoms with Crippen LogP contribution in [0.25, 0.3) is 0 Å². The molecule has 4 N–H and O–H groups in total. The Morgan fingerprint density at radius 2 is 2.00 bits per heavy atom. The summed E-state index contributed by atoms with van der Waals surface area (Å²) in [6.45, 7) is 2.09. The van der Waals surface area contributed by atoms with Crippen molar-refractivity contribution in [2.24, 2.45) is 0 Å². The Bertz CT molecular complexity index is 934. The second-order valence-corrected chi connectivity index (χ2v) is 8.70. The molecule has 3 rings (SSSR count). The van der Waals surface area contributed by atoms with Crippen LogP contribution in [0.15, 0.2) is 23.8 Å². The maximum atomic E-state index is 13.2. The average Bonchev–Trinajstić information content (AvgIpc) is 3.26. The van der Waals surface area contributed by atoms with Gasteiger partial charge in [0, 0.05) is 37.8 Å². The summed E-state index contributed by atoms with van der Waals surface area (Å²) in [5.74, 6) is -0.446. The van der Waals surface area contributed by atoms with Crippen LogP contribution in [-0.2, 0) is 20.9 Å². The summed E-state index contributed by atoms with van der Waals surface area (Å²) in [5.41, 5.74) is 1.51. The largest absolute Gasteiger partial charge is 0.493 e. The van der Waals surface area contributed by atoms with Crippen molar-refractivity contribution in [3.63, 3.8) is 0 Å². The first kappa shape index (κ1) is 26.9. The monoisotopic (exact) mass is 492 g/mol. The van der Waals surface area contributed by atoms with Crippen molar-refractivity contribution < 1.29 is 39.1 Å². The van der Waals surface area contributed by atoms with Crippen molar-refractivity contribution in [1.29, 1.82) is 0 Å². The number of carbonyl (C=O) groups is 2. The zero-order valence-electron chi connectivity index (χ0n) is 20.5. The van der Waals surface area contributed by atoms with Crippen LogP contribution in [0, 0.1) is 0 Å². The normalized spacial score (nSPS) is 22.5. The lowest BCUT2D eigenvalue weighted by Crippen LogP contribution is -2.56. The molecule has 194 valence electrons. The molecule has 0 radical (unpaired) electrons. The third-order valence-electron chi connectivity index (χ3n) is 6.46. The molecule has 1 aliphatic carbocycles. The predicted octanol–water partition coefficient (Wildman–Crippen LogP) is 0.475. The van der Waals surface area contributed by atoms with E-state index >= 15 is 0 Å². The summed E-state index contributed by atoms with van der Waals surface area (Å²) in [5, 5.41) is 33.1. The first-order valence-electron chi connectivity index (χ1n) is 12.0. The minimum atomic E-state index is -1.13. The van der Waals surface area contributed by atoms with Gasteiger partial charge in [-0.15, -0.1) is 0 Å². The number of carbonyl (C=O) groups excluding carboxylic acids is 2. The molecule has 0 aromatic heterocycles.